The van der Waals surface area contributed by atoms with Crippen LogP contribution in [0.4, 0.5) is 0 Å². The number of ether oxygens (including phenoxy) is 4. The first-order valence-corrected chi connectivity index (χ1v) is 22.6. The Hall–Kier alpha value is -3.48. The summed E-state index contributed by atoms with van der Waals surface area (Å²) >= 11 is 0. The SMILES string of the molecule is C[C@H]1C[C@H](O)[C@@H](C)/C=C/C=C/C=C/C=C/C=C/C=C/C=C/C(O[C@@H]2OC[C@@H](O)[C@H](N)[C@H]2O)C[C@@H]2OC(O)(CC(O)CC(O)C(O)CCC(O)C[C@@H](O)CC(=O)O1)C[C@H](O)C2C(=O)NCCO. The van der Waals surface area contributed by atoms with Crippen molar-refractivity contribution in [3.8, 4) is 0 Å². The van der Waals surface area contributed by atoms with Crippen LogP contribution in [0.15, 0.2) is 85.1 Å². The second kappa shape index (κ2) is 29.4. The van der Waals surface area contributed by atoms with Gasteiger partial charge in [0.05, 0.1) is 92.6 Å². The van der Waals surface area contributed by atoms with Crippen LogP contribution >= 0.6 is 0 Å². The Morgan fingerprint density at radius 1 is 0.727 bits per heavy atom. The molecule has 3 aliphatic heterocycles. The number of nitrogens with two attached hydrogens (primary N) is 1. The second-order valence-corrected chi connectivity index (χ2v) is 17.4. The molecule has 2 fully saturated rings. The molecule has 0 aromatic carbocycles. The van der Waals surface area contributed by atoms with Crippen molar-refractivity contribution in [3.05, 3.63) is 85.1 Å². The van der Waals surface area contributed by atoms with Crippen LogP contribution in [-0.2, 0) is 28.5 Å². The van der Waals surface area contributed by atoms with Crippen molar-refractivity contribution in [2.45, 2.75) is 163 Å². The number of amides is 1. The zero-order chi connectivity index (χ0) is 48.8. The van der Waals surface area contributed by atoms with Gasteiger partial charge in [-0.3, -0.25) is 9.59 Å². The fraction of sp³-hybridized carbons (Fsp3) is 0.660. The van der Waals surface area contributed by atoms with Gasteiger partial charge in [-0.05, 0) is 26.2 Å². The van der Waals surface area contributed by atoms with Gasteiger partial charge in [0.1, 0.15) is 12.2 Å². The predicted molar refractivity (Wildman–Crippen MR) is 240 cm³/mol. The molecule has 1 amide bonds. The van der Waals surface area contributed by atoms with Crippen LogP contribution in [0.2, 0.25) is 0 Å². The molecule has 3 aliphatic rings. The van der Waals surface area contributed by atoms with E-state index in [4.69, 9.17) is 24.7 Å². The minimum absolute atomic E-state index is 0.1000. The Labute approximate surface area is 386 Å². The average Bonchev–Trinajstić information content (AvgIpc) is 3.23. The van der Waals surface area contributed by atoms with Crippen molar-refractivity contribution >= 4 is 11.9 Å². The summed E-state index contributed by atoms with van der Waals surface area (Å²) in [5.74, 6) is -5.33. The summed E-state index contributed by atoms with van der Waals surface area (Å²) in [7, 11) is 0. The van der Waals surface area contributed by atoms with Crippen molar-refractivity contribution in [2.75, 3.05) is 19.8 Å². The monoisotopic (exact) mass is 938 g/mol. The minimum Gasteiger partial charge on any atom is -0.462 e. The topological polar surface area (TPSA) is 332 Å². The van der Waals surface area contributed by atoms with Crippen molar-refractivity contribution in [2.24, 2.45) is 17.6 Å². The molecule has 19 heteroatoms. The number of carbonyl (C=O) groups excluding carboxylic acids is 2. The first-order chi connectivity index (χ1) is 31.3. The number of carbonyl (C=O) groups is 2. The molecular formula is C47H74N2O17. The first kappa shape index (κ1) is 56.8. The third-order valence-electron chi connectivity index (χ3n) is 11.5. The number of hydrogen-bond donors (Lipinski definition) is 13. The molecular weight excluding hydrogens is 865 g/mol. The third kappa shape index (κ3) is 20.4. The maximum atomic E-state index is 13.4. The summed E-state index contributed by atoms with van der Waals surface area (Å²) in [5.41, 5.74) is 5.97. The standard InChI is InChI=1S/C47H74N2O17/c1-29-15-13-11-9-7-5-3-4-6-8-10-12-14-16-34(65-46-44(60)43(48)39(58)28-63-46)25-40-42(45(61)49-19-20-50)38(57)27-47(62,66-40)26-33(53)23-37(56)35(54)18-17-31(51)22-32(52)24-41(59)64-30(2)21-36(29)55/h3-16,29-40,42-44,46,50-58,60,62H,17-28,48H2,1-2H3,(H,49,61)/b4-3+,7-5+,8-6+,11-9+,12-10+,15-13+,16-14+/t29-,30-,31?,32+,33?,34?,35?,36-,37?,38-,39+,40-,42?,43-,44+,46-,47?/m0/s1. The Morgan fingerprint density at radius 2 is 1.33 bits per heavy atom. The second-order valence-electron chi connectivity index (χ2n) is 17.4. The van der Waals surface area contributed by atoms with E-state index in [0.29, 0.717) is 0 Å². The fourth-order valence-corrected chi connectivity index (χ4v) is 7.81. The predicted octanol–water partition coefficient (Wildman–Crippen LogP) is -0.899. The van der Waals surface area contributed by atoms with Gasteiger partial charge in [0.25, 0.3) is 0 Å². The van der Waals surface area contributed by atoms with Gasteiger partial charge in [0, 0.05) is 44.6 Å². The number of esters is 1. The van der Waals surface area contributed by atoms with Gasteiger partial charge in [-0.2, -0.15) is 0 Å². The molecule has 0 spiro atoms. The molecule has 17 atom stereocenters. The van der Waals surface area contributed by atoms with Crippen LogP contribution in [0.1, 0.15) is 71.6 Å². The first-order valence-electron chi connectivity index (χ1n) is 22.6. The van der Waals surface area contributed by atoms with Crippen LogP contribution in [-0.4, -0.2) is 179 Å². The van der Waals surface area contributed by atoms with E-state index >= 15 is 0 Å². The highest BCUT2D eigenvalue weighted by Crippen LogP contribution is 2.38. The molecule has 374 valence electrons. The lowest BCUT2D eigenvalue weighted by Crippen LogP contribution is -2.59. The molecule has 7 unspecified atom stereocenters. The summed E-state index contributed by atoms with van der Waals surface area (Å²) in [6, 6.07) is -1.12. The van der Waals surface area contributed by atoms with Crippen LogP contribution in [0.5, 0.6) is 0 Å². The third-order valence-corrected chi connectivity index (χ3v) is 11.5. The lowest BCUT2D eigenvalue weighted by Gasteiger charge is -2.45. The largest absolute Gasteiger partial charge is 0.462 e. The lowest BCUT2D eigenvalue weighted by molar-refractivity contribution is -0.304. The van der Waals surface area contributed by atoms with Gasteiger partial charge in [-0.1, -0.05) is 92.0 Å². The van der Waals surface area contributed by atoms with Gasteiger partial charge in [0.2, 0.25) is 5.91 Å². The molecule has 19 nitrogen and oxygen atoms in total. The van der Waals surface area contributed by atoms with Crippen molar-refractivity contribution < 1.29 is 84.7 Å². The Morgan fingerprint density at radius 3 is 1.95 bits per heavy atom. The van der Waals surface area contributed by atoms with Crippen molar-refractivity contribution in [3.63, 3.8) is 0 Å². The number of nitrogens with one attached hydrogen (secondary N) is 1. The highest BCUT2D eigenvalue weighted by molar-refractivity contribution is 5.80. The number of aliphatic hydroxyl groups excluding tert-OH is 10. The van der Waals surface area contributed by atoms with Gasteiger partial charge in [-0.15, -0.1) is 0 Å². The number of allylic oxidation sites excluding steroid dienone is 12. The van der Waals surface area contributed by atoms with E-state index in [0.717, 1.165) is 0 Å². The number of rotatable bonds is 5. The number of cyclic esters (lactones) is 1. The van der Waals surface area contributed by atoms with E-state index < -0.39 is 141 Å². The summed E-state index contributed by atoms with van der Waals surface area (Å²) in [4.78, 5) is 25.9. The van der Waals surface area contributed by atoms with Gasteiger partial charge in [-0.25, -0.2) is 0 Å². The zero-order valence-electron chi connectivity index (χ0n) is 37.8. The van der Waals surface area contributed by atoms with E-state index in [2.05, 4.69) is 5.32 Å². The molecule has 0 radical (unpaired) electrons. The van der Waals surface area contributed by atoms with Crippen LogP contribution in [0, 0.1) is 11.8 Å². The smallest absolute Gasteiger partial charge is 0.308 e. The minimum atomic E-state index is -2.29. The molecule has 2 saturated heterocycles. The molecule has 14 N–H and O–H groups in total. The number of fused-ring (bicyclic) bond motifs is 2. The Bertz CT molecular complexity index is 1650. The maximum absolute atomic E-state index is 13.4. The number of hydrogen-bond acceptors (Lipinski definition) is 18. The van der Waals surface area contributed by atoms with Gasteiger partial charge in [0.15, 0.2) is 12.1 Å². The summed E-state index contributed by atoms with van der Waals surface area (Å²) in [5, 5.41) is 120. The maximum Gasteiger partial charge on any atom is 0.308 e. The number of aliphatic hydroxyl groups is 11. The molecule has 2 bridgehead atoms. The van der Waals surface area contributed by atoms with Gasteiger partial charge < -0.3 is 86.2 Å². The van der Waals surface area contributed by atoms with E-state index in [1.165, 1.54) is 0 Å². The molecule has 3 heterocycles. The van der Waals surface area contributed by atoms with E-state index in [1.807, 2.05) is 25.2 Å². The molecule has 3 rings (SSSR count). The van der Waals surface area contributed by atoms with E-state index in [-0.39, 0.29) is 51.2 Å². The summed E-state index contributed by atoms with van der Waals surface area (Å²) in [6.45, 7) is 2.62. The average molecular weight is 939 g/mol. The van der Waals surface area contributed by atoms with E-state index in [1.54, 1.807) is 73.8 Å². The molecule has 0 aliphatic carbocycles. The van der Waals surface area contributed by atoms with Crippen LogP contribution < -0.4 is 11.1 Å². The molecule has 66 heavy (non-hydrogen) atoms. The quantitative estimate of drug-likeness (QED) is 0.149. The lowest BCUT2D eigenvalue weighted by atomic mass is 9.82. The Balaban J connectivity index is 1.88. The van der Waals surface area contributed by atoms with Crippen molar-refractivity contribution in [1.29, 1.82) is 0 Å². The summed E-state index contributed by atoms with van der Waals surface area (Å²) < 4.78 is 23.1. The van der Waals surface area contributed by atoms with Crippen LogP contribution in [0.3, 0.4) is 0 Å². The van der Waals surface area contributed by atoms with E-state index in [9.17, 15) is 65.8 Å². The van der Waals surface area contributed by atoms with Crippen LogP contribution in [0.25, 0.3) is 0 Å². The molecule has 0 aromatic heterocycles. The highest BCUT2D eigenvalue weighted by atomic mass is 16.7. The molecule has 0 aromatic rings. The Kier molecular flexibility index (Phi) is 25.3. The highest BCUT2D eigenvalue weighted by Gasteiger charge is 2.50. The fourth-order valence-electron chi connectivity index (χ4n) is 7.81. The summed E-state index contributed by atoms with van der Waals surface area (Å²) in [6.07, 6.45) is 5.32. The van der Waals surface area contributed by atoms with Crippen molar-refractivity contribution in [1.82, 2.24) is 5.32 Å². The normalized spacial score (nSPS) is 42.7. The molecule has 0 saturated carbocycles. The van der Waals surface area contributed by atoms with Gasteiger partial charge >= 0.3 is 5.97 Å². The zero-order valence-corrected chi connectivity index (χ0v) is 37.8.